The van der Waals surface area contributed by atoms with E-state index in [-0.39, 0.29) is 12.0 Å². The lowest BCUT2D eigenvalue weighted by Gasteiger charge is -2.41. The number of allylic oxidation sites excluding steroid dienone is 2. The third kappa shape index (κ3) is 4.83. The summed E-state index contributed by atoms with van der Waals surface area (Å²) in [6.45, 7) is 8.31. The van der Waals surface area contributed by atoms with Crippen LogP contribution in [0.3, 0.4) is 0 Å². The molecule has 0 unspecified atom stereocenters. The molecule has 4 nitrogen and oxygen atoms in total. The van der Waals surface area contributed by atoms with Gasteiger partial charge in [0.15, 0.2) is 0 Å². The summed E-state index contributed by atoms with van der Waals surface area (Å²) < 4.78 is 2.24. The van der Waals surface area contributed by atoms with Crippen molar-refractivity contribution in [2.75, 3.05) is 19.7 Å². The predicted molar refractivity (Wildman–Crippen MR) is 106 cm³/mol. The Balaban J connectivity index is 1.67. The molecule has 0 spiro atoms. The first kappa shape index (κ1) is 18.9. The summed E-state index contributed by atoms with van der Waals surface area (Å²) in [5.41, 5.74) is 3.86. The summed E-state index contributed by atoms with van der Waals surface area (Å²) >= 11 is 0. The molecule has 1 atom stereocenters. The molecule has 0 bridgehead atoms. The Morgan fingerprint density at radius 2 is 2.04 bits per heavy atom. The Bertz CT molecular complexity index is 718. The van der Waals surface area contributed by atoms with Crippen molar-refractivity contribution in [1.82, 2.24) is 14.5 Å². The fraction of sp³-hybridized carbons (Fsp3) is 0.500. The average molecular weight is 354 g/mol. The minimum absolute atomic E-state index is 0.000197. The number of piperidine rings is 1. The maximum absolute atomic E-state index is 10.1. The highest BCUT2D eigenvalue weighted by atomic mass is 16.3. The van der Waals surface area contributed by atoms with Crippen LogP contribution in [0.1, 0.15) is 44.4 Å². The van der Waals surface area contributed by atoms with E-state index >= 15 is 0 Å². The maximum atomic E-state index is 10.1. The highest BCUT2D eigenvalue weighted by Gasteiger charge is 2.34. The van der Waals surface area contributed by atoms with Crippen molar-refractivity contribution in [2.24, 2.45) is 5.41 Å². The smallest absolute Gasteiger partial charge is 0.0951 e. The fourth-order valence-corrected chi connectivity index (χ4v) is 3.86. The second-order valence-electron chi connectivity index (χ2n) is 7.96. The van der Waals surface area contributed by atoms with Crippen LogP contribution in [0.2, 0.25) is 0 Å². The van der Waals surface area contributed by atoms with Crippen LogP contribution < -0.4 is 0 Å². The second kappa shape index (κ2) is 8.65. The summed E-state index contributed by atoms with van der Waals surface area (Å²) in [6.07, 6.45) is 9.39. The molecule has 1 fully saturated rings. The molecule has 1 aliphatic heterocycles. The third-order valence-corrected chi connectivity index (χ3v) is 5.40. The SMILES string of the molecule is CC(C)=CC[C@@]1(CO)CCCN(Cc2cncn2Cc2ccccc2)C1. The Hall–Kier alpha value is -1.91. The van der Waals surface area contributed by atoms with Crippen LogP contribution >= 0.6 is 0 Å². The predicted octanol–water partition coefficient (Wildman–Crippen LogP) is 3.86. The Kier molecular flexibility index (Phi) is 6.28. The molecule has 26 heavy (non-hydrogen) atoms. The molecule has 1 aromatic heterocycles. The maximum Gasteiger partial charge on any atom is 0.0951 e. The molecule has 0 saturated carbocycles. The molecule has 1 saturated heterocycles. The molecule has 1 aromatic carbocycles. The summed E-state index contributed by atoms with van der Waals surface area (Å²) in [4.78, 5) is 6.86. The monoisotopic (exact) mass is 353 g/mol. The van der Waals surface area contributed by atoms with E-state index in [0.717, 1.165) is 45.4 Å². The van der Waals surface area contributed by atoms with E-state index in [1.54, 1.807) is 0 Å². The van der Waals surface area contributed by atoms with Crippen molar-refractivity contribution in [2.45, 2.75) is 46.2 Å². The number of hydrogen-bond acceptors (Lipinski definition) is 3. The molecule has 1 N–H and O–H groups in total. The van der Waals surface area contributed by atoms with Gasteiger partial charge in [0.05, 0.1) is 18.6 Å². The zero-order valence-corrected chi connectivity index (χ0v) is 16.1. The van der Waals surface area contributed by atoms with Gasteiger partial charge in [-0.15, -0.1) is 0 Å². The minimum atomic E-state index is -0.000197. The topological polar surface area (TPSA) is 41.3 Å². The lowest BCUT2D eigenvalue weighted by atomic mass is 9.77. The number of hydrogen-bond donors (Lipinski definition) is 1. The Labute approximate surface area is 157 Å². The zero-order valence-electron chi connectivity index (χ0n) is 16.1. The summed E-state index contributed by atoms with van der Waals surface area (Å²) in [7, 11) is 0. The molecule has 1 aliphatic rings. The van der Waals surface area contributed by atoms with E-state index in [1.807, 2.05) is 18.6 Å². The number of rotatable bonds is 7. The summed E-state index contributed by atoms with van der Waals surface area (Å²) in [5, 5.41) is 10.1. The number of benzene rings is 1. The average Bonchev–Trinajstić information content (AvgIpc) is 3.08. The van der Waals surface area contributed by atoms with Crippen LogP contribution in [0.4, 0.5) is 0 Å². The first-order chi connectivity index (χ1) is 12.6. The van der Waals surface area contributed by atoms with Crippen LogP contribution in [0, 0.1) is 5.41 Å². The number of aliphatic hydroxyl groups excluding tert-OH is 1. The molecule has 140 valence electrons. The van der Waals surface area contributed by atoms with Gasteiger partial charge in [-0.25, -0.2) is 4.98 Å². The standard InChI is InChI=1S/C22H31N3O/c1-19(2)9-11-22(17-26)10-6-12-24(16-22)15-21-13-23-18-25(21)14-20-7-4-3-5-8-20/h3-5,7-9,13,18,26H,6,10-12,14-17H2,1-2H3/t22-/m0/s1. The van der Waals surface area contributed by atoms with Crippen molar-refractivity contribution >= 4 is 0 Å². The van der Waals surface area contributed by atoms with Crippen molar-refractivity contribution in [3.05, 3.63) is 65.8 Å². The van der Waals surface area contributed by atoms with E-state index in [0.29, 0.717) is 0 Å². The highest BCUT2D eigenvalue weighted by molar-refractivity contribution is 5.16. The van der Waals surface area contributed by atoms with Gasteiger partial charge in [-0.3, -0.25) is 4.90 Å². The number of imidazole rings is 1. The van der Waals surface area contributed by atoms with Gasteiger partial charge < -0.3 is 9.67 Å². The molecule has 2 aromatic rings. The lowest BCUT2D eigenvalue weighted by molar-refractivity contribution is 0.0298. The molecular weight excluding hydrogens is 322 g/mol. The number of likely N-dealkylation sites (tertiary alicyclic amines) is 1. The molecule has 2 heterocycles. The van der Waals surface area contributed by atoms with Gasteiger partial charge in [-0.05, 0) is 45.2 Å². The molecule has 0 amide bonds. The molecule has 0 radical (unpaired) electrons. The largest absolute Gasteiger partial charge is 0.396 e. The van der Waals surface area contributed by atoms with Crippen molar-refractivity contribution in [3.8, 4) is 0 Å². The normalized spacial score (nSPS) is 20.9. The van der Waals surface area contributed by atoms with Gasteiger partial charge in [0.2, 0.25) is 0 Å². The lowest BCUT2D eigenvalue weighted by Crippen LogP contribution is -2.45. The fourth-order valence-electron chi connectivity index (χ4n) is 3.86. The zero-order chi connectivity index (χ0) is 18.4. The highest BCUT2D eigenvalue weighted by Crippen LogP contribution is 2.34. The second-order valence-corrected chi connectivity index (χ2v) is 7.96. The number of nitrogens with zero attached hydrogens (tertiary/aromatic N) is 3. The Morgan fingerprint density at radius 3 is 2.77 bits per heavy atom. The van der Waals surface area contributed by atoms with Crippen molar-refractivity contribution < 1.29 is 5.11 Å². The van der Waals surface area contributed by atoms with E-state index in [2.05, 4.69) is 58.6 Å². The third-order valence-electron chi connectivity index (χ3n) is 5.40. The van der Waals surface area contributed by atoms with E-state index in [1.165, 1.54) is 16.8 Å². The molecule has 3 rings (SSSR count). The molecule has 0 aliphatic carbocycles. The van der Waals surface area contributed by atoms with Gasteiger partial charge in [0.25, 0.3) is 0 Å². The van der Waals surface area contributed by atoms with Crippen LogP contribution in [0.25, 0.3) is 0 Å². The number of aliphatic hydroxyl groups is 1. The van der Waals surface area contributed by atoms with Crippen LogP contribution in [0.15, 0.2) is 54.5 Å². The van der Waals surface area contributed by atoms with Crippen molar-refractivity contribution in [3.63, 3.8) is 0 Å². The van der Waals surface area contributed by atoms with Gasteiger partial charge >= 0.3 is 0 Å². The number of aromatic nitrogens is 2. The van der Waals surface area contributed by atoms with Gasteiger partial charge in [-0.1, -0.05) is 42.0 Å². The molecular formula is C22H31N3O. The first-order valence-electron chi connectivity index (χ1n) is 9.60. The van der Waals surface area contributed by atoms with Crippen LogP contribution in [-0.2, 0) is 13.1 Å². The van der Waals surface area contributed by atoms with Crippen LogP contribution in [0.5, 0.6) is 0 Å². The van der Waals surface area contributed by atoms with Crippen molar-refractivity contribution in [1.29, 1.82) is 0 Å². The van der Waals surface area contributed by atoms with E-state index in [4.69, 9.17) is 0 Å². The summed E-state index contributed by atoms with van der Waals surface area (Å²) in [6, 6.07) is 10.5. The molecule has 4 heteroatoms. The Morgan fingerprint density at radius 1 is 1.23 bits per heavy atom. The minimum Gasteiger partial charge on any atom is -0.396 e. The van der Waals surface area contributed by atoms with Crippen LogP contribution in [-0.4, -0.2) is 39.3 Å². The van der Waals surface area contributed by atoms with E-state index < -0.39 is 0 Å². The first-order valence-corrected chi connectivity index (χ1v) is 9.60. The summed E-state index contributed by atoms with van der Waals surface area (Å²) in [5.74, 6) is 0. The van der Waals surface area contributed by atoms with Gasteiger partial charge in [0, 0.05) is 31.2 Å². The van der Waals surface area contributed by atoms with Gasteiger partial charge in [-0.2, -0.15) is 0 Å². The quantitative estimate of drug-likeness (QED) is 0.769. The van der Waals surface area contributed by atoms with Gasteiger partial charge in [0.1, 0.15) is 0 Å². The van der Waals surface area contributed by atoms with E-state index in [9.17, 15) is 5.11 Å².